The summed E-state index contributed by atoms with van der Waals surface area (Å²) in [5.74, 6) is 1.52. The zero-order valence-electron chi connectivity index (χ0n) is 11.0. The molecule has 0 aromatic rings. The number of hydrogen-bond acceptors (Lipinski definition) is 3. The molecule has 1 aliphatic heterocycles. The summed E-state index contributed by atoms with van der Waals surface area (Å²) in [6, 6.07) is 0. The summed E-state index contributed by atoms with van der Waals surface area (Å²) < 4.78 is 0.374. The third kappa shape index (κ3) is 3.98. The van der Waals surface area contributed by atoms with E-state index in [1.807, 2.05) is 0 Å². The minimum absolute atomic E-state index is 0.158. The first kappa shape index (κ1) is 13.8. The van der Waals surface area contributed by atoms with E-state index in [1.54, 1.807) is 0 Å². The number of amidine groups is 1. The Kier molecular flexibility index (Phi) is 4.29. The predicted molar refractivity (Wildman–Crippen MR) is 73.3 cm³/mol. The highest BCUT2D eigenvalue weighted by Crippen LogP contribution is 2.30. The van der Waals surface area contributed by atoms with Gasteiger partial charge in [-0.15, -0.1) is 0 Å². The van der Waals surface area contributed by atoms with Crippen molar-refractivity contribution in [3.05, 3.63) is 0 Å². The van der Waals surface area contributed by atoms with E-state index >= 15 is 0 Å². The van der Waals surface area contributed by atoms with Gasteiger partial charge >= 0.3 is 0 Å². The molecule has 3 N–H and O–H groups in total. The van der Waals surface area contributed by atoms with Crippen molar-refractivity contribution in [2.75, 3.05) is 25.4 Å². The van der Waals surface area contributed by atoms with Crippen LogP contribution in [0.4, 0.5) is 0 Å². The summed E-state index contributed by atoms with van der Waals surface area (Å²) in [4.78, 5) is 2.50. The van der Waals surface area contributed by atoms with Crippen LogP contribution in [0.3, 0.4) is 0 Å². The van der Waals surface area contributed by atoms with E-state index in [2.05, 4.69) is 44.4 Å². The molecule has 0 radical (unpaired) electrons. The Hall–Kier alpha value is -0.220. The standard InChI is InChI=1S/C12H25N3S/c1-11(2,10(13)14)5-6-15-7-8-16-12(3,4)9-15/h5-9H2,1-4H3,(H3,13,14). The van der Waals surface area contributed by atoms with Crippen molar-refractivity contribution in [2.24, 2.45) is 11.1 Å². The van der Waals surface area contributed by atoms with Gasteiger partial charge in [0.15, 0.2) is 0 Å². The zero-order valence-corrected chi connectivity index (χ0v) is 11.8. The van der Waals surface area contributed by atoms with Crippen LogP contribution in [0, 0.1) is 10.8 Å². The first-order valence-electron chi connectivity index (χ1n) is 5.94. The lowest BCUT2D eigenvalue weighted by Gasteiger charge is -2.38. The number of nitrogens with one attached hydrogen (secondary N) is 1. The third-order valence-electron chi connectivity index (χ3n) is 3.29. The number of thioether (sulfide) groups is 1. The van der Waals surface area contributed by atoms with Crippen LogP contribution in [0.5, 0.6) is 0 Å². The van der Waals surface area contributed by atoms with Gasteiger partial charge in [-0.3, -0.25) is 5.41 Å². The fourth-order valence-corrected chi connectivity index (χ4v) is 3.05. The molecule has 1 heterocycles. The second-order valence-corrected chi connectivity index (χ2v) is 7.73. The van der Waals surface area contributed by atoms with E-state index in [9.17, 15) is 0 Å². The van der Waals surface area contributed by atoms with E-state index in [0.29, 0.717) is 10.6 Å². The van der Waals surface area contributed by atoms with Gasteiger partial charge in [-0.1, -0.05) is 13.8 Å². The molecule has 0 aromatic heterocycles. The van der Waals surface area contributed by atoms with Gasteiger partial charge in [-0.25, -0.2) is 0 Å². The van der Waals surface area contributed by atoms with Gasteiger partial charge in [0.25, 0.3) is 0 Å². The molecule has 1 saturated heterocycles. The van der Waals surface area contributed by atoms with Crippen molar-refractivity contribution in [3.8, 4) is 0 Å². The molecule has 0 spiro atoms. The van der Waals surface area contributed by atoms with E-state index in [0.717, 1.165) is 19.5 Å². The highest BCUT2D eigenvalue weighted by Gasteiger charge is 2.29. The van der Waals surface area contributed by atoms with E-state index < -0.39 is 0 Å². The maximum absolute atomic E-state index is 7.55. The smallest absolute Gasteiger partial charge is 0.0963 e. The lowest BCUT2D eigenvalue weighted by atomic mass is 9.88. The quantitative estimate of drug-likeness (QED) is 0.588. The van der Waals surface area contributed by atoms with Gasteiger partial charge in [0.05, 0.1) is 5.84 Å². The van der Waals surface area contributed by atoms with Crippen LogP contribution >= 0.6 is 11.8 Å². The van der Waals surface area contributed by atoms with Crippen LogP contribution < -0.4 is 5.73 Å². The molecule has 0 atom stereocenters. The van der Waals surface area contributed by atoms with Crippen LogP contribution in [0.2, 0.25) is 0 Å². The molecule has 1 aliphatic rings. The Balaban J connectivity index is 2.41. The maximum Gasteiger partial charge on any atom is 0.0963 e. The number of nitrogens with two attached hydrogens (primary N) is 1. The summed E-state index contributed by atoms with van der Waals surface area (Å²) in [7, 11) is 0. The molecule has 0 amide bonds. The normalized spacial score (nSPS) is 22.0. The molecular weight excluding hydrogens is 218 g/mol. The molecule has 1 fully saturated rings. The topological polar surface area (TPSA) is 53.1 Å². The third-order valence-corrected chi connectivity index (χ3v) is 4.58. The molecule has 0 aliphatic carbocycles. The summed E-state index contributed by atoms with van der Waals surface area (Å²) >= 11 is 2.06. The Morgan fingerprint density at radius 2 is 2.12 bits per heavy atom. The fourth-order valence-electron chi connectivity index (χ4n) is 1.88. The second kappa shape index (κ2) is 4.96. The summed E-state index contributed by atoms with van der Waals surface area (Å²) in [6.45, 7) is 12.1. The van der Waals surface area contributed by atoms with Gasteiger partial charge in [0, 0.05) is 29.0 Å². The van der Waals surface area contributed by atoms with Crippen LogP contribution in [0.1, 0.15) is 34.1 Å². The molecule has 94 valence electrons. The monoisotopic (exact) mass is 243 g/mol. The highest BCUT2D eigenvalue weighted by molar-refractivity contribution is 8.00. The van der Waals surface area contributed by atoms with Crippen molar-refractivity contribution in [1.82, 2.24) is 4.90 Å². The van der Waals surface area contributed by atoms with Gasteiger partial charge in [0.2, 0.25) is 0 Å². The Bertz CT molecular complexity index is 261. The molecule has 4 heteroatoms. The van der Waals surface area contributed by atoms with Gasteiger partial charge in [0.1, 0.15) is 0 Å². The molecule has 0 unspecified atom stereocenters. The molecular formula is C12H25N3S. The predicted octanol–water partition coefficient (Wildman–Crippen LogP) is 2.17. The van der Waals surface area contributed by atoms with Crippen molar-refractivity contribution in [2.45, 2.75) is 38.9 Å². The SMILES string of the molecule is CC1(C)CN(CCC(C)(C)C(=N)N)CCS1. The van der Waals surface area contributed by atoms with Crippen molar-refractivity contribution < 1.29 is 0 Å². The number of nitrogens with zero attached hydrogens (tertiary/aromatic N) is 1. The first-order chi connectivity index (χ1) is 7.23. The first-order valence-corrected chi connectivity index (χ1v) is 6.92. The highest BCUT2D eigenvalue weighted by atomic mass is 32.2. The van der Waals surface area contributed by atoms with Crippen LogP contribution in [0.25, 0.3) is 0 Å². The van der Waals surface area contributed by atoms with Crippen LogP contribution in [-0.4, -0.2) is 40.9 Å². The molecule has 0 saturated carbocycles. The molecule has 16 heavy (non-hydrogen) atoms. The van der Waals surface area contributed by atoms with Crippen LogP contribution in [0.15, 0.2) is 0 Å². The summed E-state index contributed by atoms with van der Waals surface area (Å²) in [5, 5.41) is 7.55. The minimum Gasteiger partial charge on any atom is -0.387 e. The maximum atomic E-state index is 7.55. The van der Waals surface area contributed by atoms with E-state index in [4.69, 9.17) is 11.1 Å². The molecule has 1 rings (SSSR count). The fraction of sp³-hybridized carbons (Fsp3) is 0.917. The van der Waals surface area contributed by atoms with Gasteiger partial charge in [-0.05, 0) is 26.8 Å². The Morgan fingerprint density at radius 3 is 2.62 bits per heavy atom. The lowest BCUT2D eigenvalue weighted by Crippen LogP contribution is -2.45. The minimum atomic E-state index is -0.158. The van der Waals surface area contributed by atoms with Crippen molar-refractivity contribution in [1.29, 1.82) is 5.41 Å². The molecule has 0 aromatic carbocycles. The van der Waals surface area contributed by atoms with Gasteiger partial charge < -0.3 is 10.6 Å². The van der Waals surface area contributed by atoms with Crippen LogP contribution in [-0.2, 0) is 0 Å². The van der Waals surface area contributed by atoms with Gasteiger partial charge in [-0.2, -0.15) is 11.8 Å². The van der Waals surface area contributed by atoms with E-state index in [1.165, 1.54) is 12.3 Å². The molecule has 3 nitrogen and oxygen atoms in total. The number of hydrogen-bond donors (Lipinski definition) is 2. The molecule has 0 bridgehead atoms. The average molecular weight is 243 g/mol. The zero-order chi connectivity index (χ0) is 12.4. The average Bonchev–Trinajstić information content (AvgIpc) is 2.13. The summed E-state index contributed by atoms with van der Waals surface area (Å²) in [6.07, 6.45) is 0.975. The van der Waals surface area contributed by atoms with E-state index in [-0.39, 0.29) is 5.41 Å². The van der Waals surface area contributed by atoms with Crippen molar-refractivity contribution in [3.63, 3.8) is 0 Å². The lowest BCUT2D eigenvalue weighted by molar-refractivity contribution is 0.234. The Morgan fingerprint density at radius 1 is 1.50 bits per heavy atom. The number of rotatable bonds is 4. The van der Waals surface area contributed by atoms with Crippen molar-refractivity contribution >= 4 is 17.6 Å². The summed E-state index contributed by atoms with van der Waals surface area (Å²) in [5.41, 5.74) is 5.44. The second-order valence-electron chi connectivity index (χ2n) is 5.93. The largest absolute Gasteiger partial charge is 0.387 e. The Labute approximate surface area is 104 Å².